The van der Waals surface area contributed by atoms with Crippen LogP contribution in [-0.4, -0.2) is 14.5 Å². The van der Waals surface area contributed by atoms with E-state index in [1.807, 2.05) is 0 Å². The van der Waals surface area contributed by atoms with E-state index in [1.165, 1.54) is 19.1 Å². The van der Waals surface area contributed by atoms with Crippen molar-refractivity contribution in [2.45, 2.75) is 44.0 Å². The fourth-order valence-electron chi connectivity index (χ4n) is 2.52. The molecule has 0 spiro atoms. The lowest BCUT2D eigenvalue weighted by Crippen LogP contribution is -2.33. The third-order valence-electron chi connectivity index (χ3n) is 3.58. The molecule has 1 fully saturated rings. The Morgan fingerprint density at radius 1 is 1.37 bits per heavy atom. The van der Waals surface area contributed by atoms with E-state index in [-0.39, 0.29) is 22.2 Å². The summed E-state index contributed by atoms with van der Waals surface area (Å²) >= 11 is 0. The Morgan fingerprint density at radius 2 is 2.05 bits per heavy atom. The van der Waals surface area contributed by atoms with Crippen molar-refractivity contribution in [3.63, 3.8) is 0 Å². The number of nitrogens with one attached hydrogen (secondary N) is 1. The van der Waals surface area contributed by atoms with Crippen LogP contribution in [0.2, 0.25) is 0 Å². The molecule has 0 bridgehead atoms. The van der Waals surface area contributed by atoms with Gasteiger partial charge in [0, 0.05) is 6.04 Å². The lowest BCUT2D eigenvalue weighted by molar-refractivity contribution is 0.538. The number of benzene rings is 1. The van der Waals surface area contributed by atoms with Crippen molar-refractivity contribution in [2.24, 2.45) is 5.92 Å². The molecule has 3 N–H and O–H groups in total. The molecule has 0 heterocycles. The van der Waals surface area contributed by atoms with Gasteiger partial charge in [0.05, 0.1) is 10.6 Å². The Hall–Kier alpha value is -1.14. The van der Waals surface area contributed by atoms with Crippen molar-refractivity contribution in [3.05, 3.63) is 23.5 Å². The molecule has 1 aromatic rings. The Kier molecular flexibility index (Phi) is 3.82. The van der Waals surface area contributed by atoms with E-state index in [4.69, 9.17) is 5.73 Å². The standard InChI is InChI=1S/C13H19FN2O2S/c1-8-3-4-10(5-8)16-19(17,18)11-6-9(2)13(14)12(15)7-11/h6-8,10,16H,3-5,15H2,1-2H3. The highest BCUT2D eigenvalue weighted by Gasteiger charge is 2.27. The monoisotopic (exact) mass is 286 g/mol. The van der Waals surface area contributed by atoms with Gasteiger partial charge in [0.2, 0.25) is 10.0 Å². The first-order valence-electron chi connectivity index (χ1n) is 6.37. The van der Waals surface area contributed by atoms with Gasteiger partial charge < -0.3 is 5.73 Å². The average Bonchev–Trinajstić information content (AvgIpc) is 2.70. The summed E-state index contributed by atoms with van der Waals surface area (Å²) in [4.78, 5) is 0.0310. The highest BCUT2D eigenvalue weighted by molar-refractivity contribution is 7.89. The SMILES string of the molecule is Cc1cc(S(=O)(=O)NC2CCC(C)C2)cc(N)c1F. The number of hydrogen-bond donors (Lipinski definition) is 2. The zero-order valence-electron chi connectivity index (χ0n) is 11.1. The van der Waals surface area contributed by atoms with Crippen LogP contribution in [0.1, 0.15) is 31.7 Å². The van der Waals surface area contributed by atoms with E-state index in [9.17, 15) is 12.8 Å². The van der Waals surface area contributed by atoms with Crippen molar-refractivity contribution in [1.29, 1.82) is 0 Å². The number of nitrogen functional groups attached to an aromatic ring is 1. The van der Waals surface area contributed by atoms with Crippen LogP contribution in [-0.2, 0) is 10.0 Å². The van der Waals surface area contributed by atoms with E-state index < -0.39 is 15.8 Å². The Morgan fingerprint density at radius 3 is 2.58 bits per heavy atom. The highest BCUT2D eigenvalue weighted by Crippen LogP contribution is 2.27. The molecule has 6 heteroatoms. The fourth-order valence-corrected chi connectivity index (χ4v) is 3.92. The van der Waals surface area contributed by atoms with Crippen LogP contribution in [0.25, 0.3) is 0 Å². The molecule has 106 valence electrons. The second kappa shape index (κ2) is 5.09. The minimum absolute atomic E-state index is 0.0310. The summed E-state index contributed by atoms with van der Waals surface area (Å²) in [5.41, 5.74) is 5.58. The van der Waals surface area contributed by atoms with E-state index in [0.29, 0.717) is 5.92 Å². The molecule has 0 saturated heterocycles. The second-order valence-corrected chi connectivity index (χ2v) is 7.09. The summed E-state index contributed by atoms with van der Waals surface area (Å²) in [6, 6.07) is 2.45. The molecule has 0 aromatic heterocycles. The summed E-state index contributed by atoms with van der Waals surface area (Å²) in [7, 11) is -3.63. The molecule has 19 heavy (non-hydrogen) atoms. The van der Waals surface area contributed by atoms with Crippen molar-refractivity contribution in [2.75, 3.05) is 5.73 Å². The normalized spacial score (nSPS) is 23.7. The molecule has 4 nitrogen and oxygen atoms in total. The van der Waals surface area contributed by atoms with E-state index in [2.05, 4.69) is 11.6 Å². The van der Waals surface area contributed by atoms with Crippen LogP contribution >= 0.6 is 0 Å². The maximum Gasteiger partial charge on any atom is 0.240 e. The quantitative estimate of drug-likeness (QED) is 0.837. The molecular formula is C13H19FN2O2S. The second-order valence-electron chi connectivity index (χ2n) is 5.38. The number of halogens is 1. The zero-order valence-corrected chi connectivity index (χ0v) is 11.9. The van der Waals surface area contributed by atoms with Gasteiger partial charge in [-0.3, -0.25) is 0 Å². The molecule has 1 saturated carbocycles. The average molecular weight is 286 g/mol. The van der Waals surface area contributed by atoms with Crippen LogP contribution in [0.4, 0.5) is 10.1 Å². The van der Waals surface area contributed by atoms with Gasteiger partial charge in [-0.05, 0) is 49.8 Å². The van der Waals surface area contributed by atoms with Crippen LogP contribution in [0.15, 0.2) is 17.0 Å². The molecule has 1 aliphatic carbocycles. The van der Waals surface area contributed by atoms with Gasteiger partial charge >= 0.3 is 0 Å². The molecule has 2 rings (SSSR count). The van der Waals surface area contributed by atoms with E-state index in [0.717, 1.165) is 19.3 Å². The number of nitrogens with two attached hydrogens (primary N) is 1. The summed E-state index contributed by atoms with van der Waals surface area (Å²) in [5.74, 6) is -0.0267. The molecule has 1 aliphatic rings. The van der Waals surface area contributed by atoms with Gasteiger partial charge in [0.1, 0.15) is 5.82 Å². The summed E-state index contributed by atoms with van der Waals surface area (Å²) in [6.45, 7) is 3.61. The minimum Gasteiger partial charge on any atom is -0.396 e. The minimum atomic E-state index is -3.63. The third-order valence-corrected chi connectivity index (χ3v) is 5.08. The first-order chi connectivity index (χ1) is 8.79. The molecular weight excluding hydrogens is 267 g/mol. The lowest BCUT2D eigenvalue weighted by Gasteiger charge is -2.14. The van der Waals surface area contributed by atoms with Crippen LogP contribution in [0.5, 0.6) is 0 Å². The molecule has 0 amide bonds. The highest BCUT2D eigenvalue weighted by atomic mass is 32.2. The third kappa shape index (κ3) is 3.06. The van der Waals surface area contributed by atoms with Crippen LogP contribution < -0.4 is 10.5 Å². The predicted octanol–water partition coefficient (Wildman–Crippen LogP) is 2.18. The molecule has 2 atom stereocenters. The fraction of sp³-hybridized carbons (Fsp3) is 0.538. The summed E-state index contributed by atoms with van der Waals surface area (Å²) < 4.78 is 40.5. The van der Waals surface area contributed by atoms with E-state index >= 15 is 0 Å². The lowest BCUT2D eigenvalue weighted by atomic mass is 10.1. The number of rotatable bonds is 3. The van der Waals surface area contributed by atoms with E-state index in [1.54, 1.807) is 0 Å². The van der Waals surface area contributed by atoms with Gasteiger partial charge in [-0.2, -0.15) is 0 Å². The predicted molar refractivity (Wildman–Crippen MR) is 72.7 cm³/mol. The number of anilines is 1. The maximum absolute atomic E-state index is 13.4. The summed E-state index contributed by atoms with van der Waals surface area (Å²) in [6.07, 6.45) is 2.71. The topological polar surface area (TPSA) is 72.2 Å². The first kappa shape index (κ1) is 14.3. The Bertz CT molecular complexity index is 563. The van der Waals surface area contributed by atoms with Gasteiger partial charge in [-0.15, -0.1) is 0 Å². The number of hydrogen-bond acceptors (Lipinski definition) is 3. The zero-order chi connectivity index (χ0) is 14.2. The van der Waals surface area contributed by atoms with Gasteiger partial charge in [-0.25, -0.2) is 17.5 Å². The van der Waals surface area contributed by atoms with Gasteiger partial charge in [0.15, 0.2) is 0 Å². The molecule has 0 aliphatic heterocycles. The maximum atomic E-state index is 13.4. The Balaban J connectivity index is 2.25. The van der Waals surface area contributed by atoms with Crippen LogP contribution in [0.3, 0.4) is 0 Å². The van der Waals surface area contributed by atoms with Gasteiger partial charge in [0.25, 0.3) is 0 Å². The van der Waals surface area contributed by atoms with Crippen LogP contribution in [0, 0.1) is 18.7 Å². The molecule has 2 unspecified atom stereocenters. The van der Waals surface area contributed by atoms with Crippen molar-refractivity contribution >= 4 is 15.7 Å². The molecule has 0 radical (unpaired) electrons. The van der Waals surface area contributed by atoms with Crippen molar-refractivity contribution < 1.29 is 12.8 Å². The van der Waals surface area contributed by atoms with Crippen molar-refractivity contribution in [3.8, 4) is 0 Å². The largest absolute Gasteiger partial charge is 0.396 e. The summed E-state index contributed by atoms with van der Waals surface area (Å²) in [5, 5.41) is 0. The van der Waals surface area contributed by atoms with Crippen molar-refractivity contribution in [1.82, 2.24) is 4.72 Å². The number of aryl methyl sites for hydroxylation is 1. The smallest absolute Gasteiger partial charge is 0.240 e. The Labute approximate surface area is 113 Å². The first-order valence-corrected chi connectivity index (χ1v) is 7.86. The van der Waals surface area contributed by atoms with Gasteiger partial charge in [-0.1, -0.05) is 6.92 Å². The molecule has 1 aromatic carbocycles. The number of sulfonamides is 1.